The number of amides is 1. The van der Waals surface area contributed by atoms with Crippen molar-refractivity contribution in [3.05, 3.63) is 29.3 Å². The lowest BCUT2D eigenvalue weighted by atomic mass is 9.93. The van der Waals surface area contributed by atoms with Crippen LogP contribution < -0.4 is 4.90 Å². The van der Waals surface area contributed by atoms with Crippen LogP contribution in [0.3, 0.4) is 0 Å². The number of benzene rings is 1. The number of para-hydroxylation sites is 1. The minimum atomic E-state index is -1.09. The lowest BCUT2D eigenvalue weighted by Crippen LogP contribution is -2.38. The molecule has 0 aromatic heterocycles. The van der Waals surface area contributed by atoms with E-state index in [1.165, 1.54) is 4.90 Å². The third-order valence-electron chi connectivity index (χ3n) is 3.34. The van der Waals surface area contributed by atoms with Crippen LogP contribution >= 0.6 is 11.8 Å². The van der Waals surface area contributed by atoms with E-state index in [0.717, 1.165) is 22.9 Å². The van der Waals surface area contributed by atoms with Crippen LogP contribution in [-0.4, -0.2) is 34.4 Å². The van der Waals surface area contributed by atoms with Gasteiger partial charge in [0.15, 0.2) is 5.12 Å². The van der Waals surface area contributed by atoms with Crippen molar-refractivity contribution >= 4 is 34.4 Å². The highest BCUT2D eigenvalue weighted by Gasteiger charge is 2.24. The van der Waals surface area contributed by atoms with E-state index in [0.29, 0.717) is 12.1 Å². The Kier molecular flexibility index (Phi) is 7.02. The maximum atomic E-state index is 12.5. The average molecular weight is 351 g/mol. The summed E-state index contributed by atoms with van der Waals surface area (Å²) in [6.07, 6.45) is 0.368. The Labute approximate surface area is 147 Å². The predicted molar refractivity (Wildman–Crippen MR) is 97.4 cm³/mol. The molecule has 0 bridgehead atoms. The molecule has 0 atom stereocenters. The largest absolute Gasteiger partial charge is 0.480 e. The Morgan fingerprint density at radius 2 is 1.67 bits per heavy atom. The molecule has 1 rings (SSSR count). The number of hydrogen-bond donors (Lipinski definition) is 1. The van der Waals surface area contributed by atoms with Crippen LogP contribution in [0.5, 0.6) is 0 Å². The molecule has 0 aliphatic carbocycles. The van der Waals surface area contributed by atoms with Gasteiger partial charge in [-0.2, -0.15) is 0 Å². The lowest BCUT2D eigenvalue weighted by molar-refractivity contribution is -0.136. The van der Waals surface area contributed by atoms with Gasteiger partial charge in [-0.3, -0.25) is 19.3 Å². The summed E-state index contributed by atoms with van der Waals surface area (Å²) in [5.41, 5.74) is 2.13. The summed E-state index contributed by atoms with van der Waals surface area (Å²) < 4.78 is 0. The van der Waals surface area contributed by atoms with E-state index in [1.807, 2.05) is 52.8 Å². The van der Waals surface area contributed by atoms with Gasteiger partial charge in [0.05, 0.1) is 11.4 Å². The van der Waals surface area contributed by atoms with Crippen molar-refractivity contribution in [3.8, 4) is 0 Å². The molecular formula is C18H25NO4S. The summed E-state index contributed by atoms with van der Waals surface area (Å²) in [5.74, 6) is -1.52. The molecule has 0 aliphatic rings. The Hall–Kier alpha value is -1.82. The number of nitrogens with zero attached hydrogens (tertiary/aromatic N) is 1. The molecule has 1 amide bonds. The van der Waals surface area contributed by atoms with Crippen LogP contribution in [0.1, 0.15) is 38.3 Å². The molecule has 1 aromatic carbocycles. The molecule has 0 saturated heterocycles. The Morgan fingerprint density at radius 3 is 2.12 bits per heavy atom. The van der Waals surface area contributed by atoms with E-state index >= 15 is 0 Å². The first-order valence-electron chi connectivity index (χ1n) is 7.75. The maximum absolute atomic E-state index is 12.5. The average Bonchev–Trinajstić information content (AvgIpc) is 2.41. The summed E-state index contributed by atoms with van der Waals surface area (Å²) in [6, 6.07) is 5.53. The van der Waals surface area contributed by atoms with Gasteiger partial charge in [-0.05, 0) is 30.4 Å². The van der Waals surface area contributed by atoms with Gasteiger partial charge < -0.3 is 5.11 Å². The predicted octanol–water partition coefficient (Wildman–Crippen LogP) is 3.42. The highest BCUT2D eigenvalue weighted by molar-refractivity contribution is 8.14. The molecule has 0 fully saturated rings. The number of carbonyl (C=O) groups excluding carboxylic acids is 2. The van der Waals surface area contributed by atoms with Gasteiger partial charge >= 0.3 is 5.97 Å². The number of hydrogen-bond acceptors (Lipinski definition) is 4. The van der Waals surface area contributed by atoms with Crippen molar-refractivity contribution in [2.75, 3.05) is 17.2 Å². The summed E-state index contributed by atoms with van der Waals surface area (Å²) in [4.78, 5) is 36.9. The van der Waals surface area contributed by atoms with Gasteiger partial charge in [-0.25, -0.2) is 0 Å². The number of carboxylic acids is 1. The van der Waals surface area contributed by atoms with Gasteiger partial charge in [0, 0.05) is 6.42 Å². The molecule has 1 N–H and O–H groups in total. The van der Waals surface area contributed by atoms with Crippen LogP contribution in [0.2, 0.25) is 0 Å². The molecule has 0 heterocycles. The second-order valence-electron chi connectivity index (χ2n) is 7.01. The molecule has 24 heavy (non-hydrogen) atoms. The van der Waals surface area contributed by atoms with E-state index in [-0.39, 0.29) is 22.2 Å². The fourth-order valence-corrected chi connectivity index (χ4v) is 3.34. The Balaban J connectivity index is 2.91. The second kappa shape index (κ2) is 8.33. The minimum Gasteiger partial charge on any atom is -0.480 e. The van der Waals surface area contributed by atoms with E-state index in [2.05, 4.69) is 0 Å². The van der Waals surface area contributed by atoms with E-state index in [4.69, 9.17) is 5.11 Å². The van der Waals surface area contributed by atoms with Gasteiger partial charge in [-0.15, -0.1) is 0 Å². The molecule has 132 valence electrons. The molecule has 0 saturated carbocycles. The van der Waals surface area contributed by atoms with Crippen molar-refractivity contribution in [1.82, 2.24) is 0 Å². The van der Waals surface area contributed by atoms with E-state index < -0.39 is 12.5 Å². The van der Waals surface area contributed by atoms with Crippen molar-refractivity contribution in [3.63, 3.8) is 0 Å². The zero-order chi connectivity index (χ0) is 18.5. The van der Waals surface area contributed by atoms with Crippen molar-refractivity contribution in [2.45, 2.75) is 41.0 Å². The van der Waals surface area contributed by atoms with Gasteiger partial charge in [0.25, 0.3) is 0 Å². The number of aliphatic carboxylic acids is 1. The van der Waals surface area contributed by atoms with Crippen LogP contribution in [0.15, 0.2) is 18.2 Å². The number of rotatable bonds is 6. The SMILES string of the molecule is Cc1cccc(C)c1N(CC(=O)O)C(=O)CSC(=O)CC(C)(C)C. The second-order valence-corrected chi connectivity index (χ2v) is 8.04. The first-order valence-corrected chi connectivity index (χ1v) is 8.74. The number of anilines is 1. The highest BCUT2D eigenvalue weighted by atomic mass is 32.2. The van der Waals surface area contributed by atoms with Gasteiger partial charge in [0.1, 0.15) is 6.54 Å². The summed E-state index contributed by atoms with van der Waals surface area (Å²) in [5, 5.41) is 9.08. The van der Waals surface area contributed by atoms with Crippen LogP contribution in [0.25, 0.3) is 0 Å². The quantitative estimate of drug-likeness (QED) is 0.850. The highest BCUT2D eigenvalue weighted by Crippen LogP contribution is 2.26. The minimum absolute atomic E-state index is 0.0596. The van der Waals surface area contributed by atoms with Gasteiger partial charge in [-0.1, -0.05) is 50.7 Å². The Morgan fingerprint density at radius 1 is 1.12 bits per heavy atom. The third kappa shape index (κ3) is 6.35. The first kappa shape index (κ1) is 20.2. The topological polar surface area (TPSA) is 74.7 Å². The lowest BCUT2D eigenvalue weighted by Gasteiger charge is -2.24. The van der Waals surface area contributed by atoms with Crippen molar-refractivity contribution in [2.24, 2.45) is 5.41 Å². The van der Waals surface area contributed by atoms with Crippen LogP contribution in [0, 0.1) is 19.3 Å². The van der Waals surface area contributed by atoms with Crippen LogP contribution in [-0.2, 0) is 14.4 Å². The normalized spacial score (nSPS) is 11.2. The van der Waals surface area contributed by atoms with Crippen LogP contribution in [0.4, 0.5) is 5.69 Å². The summed E-state index contributed by atoms with van der Waals surface area (Å²) in [7, 11) is 0. The van der Waals surface area contributed by atoms with Crippen molar-refractivity contribution in [1.29, 1.82) is 0 Å². The number of aryl methyl sites for hydroxylation is 2. The van der Waals surface area contributed by atoms with E-state index in [1.54, 1.807) is 0 Å². The van der Waals surface area contributed by atoms with E-state index in [9.17, 15) is 14.4 Å². The molecule has 0 spiro atoms. The molecule has 6 heteroatoms. The number of carbonyl (C=O) groups is 3. The molecular weight excluding hydrogens is 326 g/mol. The fourth-order valence-electron chi connectivity index (χ4n) is 2.36. The standard InChI is InChI=1S/C18H25NO4S/c1-12-7-6-8-13(2)17(12)19(10-15(21)22)14(20)11-24-16(23)9-18(3,4)5/h6-8H,9-11H2,1-5H3,(H,21,22). The fraction of sp³-hybridized carbons (Fsp3) is 0.500. The molecule has 0 aliphatic heterocycles. The first-order chi connectivity index (χ1) is 11.0. The number of thioether (sulfide) groups is 1. The Bertz CT molecular complexity index is 614. The monoisotopic (exact) mass is 351 g/mol. The zero-order valence-electron chi connectivity index (χ0n) is 14.9. The van der Waals surface area contributed by atoms with Gasteiger partial charge in [0.2, 0.25) is 5.91 Å². The zero-order valence-corrected chi connectivity index (χ0v) is 15.7. The molecule has 5 nitrogen and oxygen atoms in total. The molecule has 1 aromatic rings. The molecule has 0 radical (unpaired) electrons. The van der Waals surface area contributed by atoms with Crippen molar-refractivity contribution < 1.29 is 19.5 Å². The number of carboxylic acid groups (broad SMARTS) is 1. The third-order valence-corrected chi connectivity index (χ3v) is 4.19. The molecule has 0 unspecified atom stereocenters. The summed E-state index contributed by atoms with van der Waals surface area (Å²) in [6.45, 7) is 9.13. The maximum Gasteiger partial charge on any atom is 0.323 e. The summed E-state index contributed by atoms with van der Waals surface area (Å²) >= 11 is 0.950. The smallest absolute Gasteiger partial charge is 0.323 e.